The highest BCUT2D eigenvalue weighted by Gasteiger charge is 2.30. The number of carboxylic acid groups (broad SMARTS) is 1. The molecule has 2 N–H and O–H groups in total. The van der Waals surface area contributed by atoms with Crippen molar-refractivity contribution in [3.63, 3.8) is 0 Å². The van der Waals surface area contributed by atoms with Crippen molar-refractivity contribution >= 4 is 17.8 Å². The molecule has 1 heterocycles. The van der Waals surface area contributed by atoms with Gasteiger partial charge in [0.25, 0.3) is 5.91 Å². The Kier molecular flexibility index (Phi) is 4.79. The summed E-state index contributed by atoms with van der Waals surface area (Å²) in [5.74, 6) is -1.35. The summed E-state index contributed by atoms with van der Waals surface area (Å²) in [5, 5.41) is 11.8. The molecule has 1 atom stereocenters. The van der Waals surface area contributed by atoms with Crippen molar-refractivity contribution in [2.24, 2.45) is 0 Å². The number of rotatable bonds is 3. The summed E-state index contributed by atoms with van der Waals surface area (Å²) in [6.07, 6.45) is 0.197. The van der Waals surface area contributed by atoms with Crippen molar-refractivity contribution in [2.75, 3.05) is 13.1 Å². The SMILES string of the molecule is O=C1C[C@@H](c2ccccc2)N(C(=O)c2ccc(C(=O)O)cc2)CCN1. The lowest BCUT2D eigenvalue weighted by Crippen LogP contribution is -2.36. The van der Waals surface area contributed by atoms with Gasteiger partial charge in [-0.2, -0.15) is 0 Å². The summed E-state index contributed by atoms with van der Waals surface area (Å²) in [6.45, 7) is 0.784. The van der Waals surface area contributed by atoms with Crippen molar-refractivity contribution in [3.05, 3.63) is 71.3 Å². The first-order valence-corrected chi connectivity index (χ1v) is 8.02. The zero-order chi connectivity index (χ0) is 17.8. The predicted octanol–water partition coefficient (Wildman–Crippen LogP) is 2.09. The topological polar surface area (TPSA) is 86.7 Å². The lowest BCUT2D eigenvalue weighted by molar-refractivity contribution is -0.121. The van der Waals surface area contributed by atoms with Crippen LogP contribution in [0.4, 0.5) is 0 Å². The molecule has 0 aliphatic carbocycles. The van der Waals surface area contributed by atoms with E-state index in [0.717, 1.165) is 5.56 Å². The van der Waals surface area contributed by atoms with Crippen LogP contribution in [0, 0.1) is 0 Å². The van der Waals surface area contributed by atoms with Crippen LogP contribution >= 0.6 is 0 Å². The molecule has 1 saturated heterocycles. The molecule has 2 aromatic carbocycles. The van der Waals surface area contributed by atoms with E-state index in [1.807, 2.05) is 30.3 Å². The van der Waals surface area contributed by atoms with Gasteiger partial charge >= 0.3 is 5.97 Å². The molecule has 2 amide bonds. The standard InChI is InChI=1S/C19H18N2O4/c22-17-12-16(13-4-2-1-3-5-13)21(11-10-20-17)18(23)14-6-8-15(9-7-14)19(24)25/h1-9,16H,10-12H2,(H,20,22)(H,24,25)/t16-/m0/s1. The molecule has 0 saturated carbocycles. The van der Waals surface area contributed by atoms with Gasteiger partial charge in [-0.05, 0) is 29.8 Å². The first kappa shape index (κ1) is 16.7. The molecule has 0 radical (unpaired) electrons. The molecule has 2 aromatic rings. The summed E-state index contributed by atoms with van der Waals surface area (Å²) >= 11 is 0. The van der Waals surface area contributed by atoms with Crippen molar-refractivity contribution in [1.29, 1.82) is 0 Å². The second kappa shape index (κ2) is 7.17. The van der Waals surface area contributed by atoms with E-state index < -0.39 is 5.97 Å². The van der Waals surface area contributed by atoms with E-state index in [-0.39, 0.29) is 29.8 Å². The van der Waals surface area contributed by atoms with Crippen LogP contribution in [0.1, 0.15) is 38.7 Å². The van der Waals surface area contributed by atoms with Gasteiger partial charge < -0.3 is 15.3 Å². The quantitative estimate of drug-likeness (QED) is 0.897. The third-order valence-corrected chi connectivity index (χ3v) is 4.25. The maximum absolute atomic E-state index is 13.0. The molecule has 3 rings (SSSR count). The number of carbonyl (C=O) groups excluding carboxylic acids is 2. The number of carboxylic acids is 1. The molecule has 1 aliphatic rings. The van der Waals surface area contributed by atoms with Crippen molar-refractivity contribution in [3.8, 4) is 0 Å². The Morgan fingerprint density at radius 1 is 1.00 bits per heavy atom. The first-order chi connectivity index (χ1) is 12.1. The number of amides is 2. The van der Waals surface area contributed by atoms with Gasteiger partial charge in [0.15, 0.2) is 0 Å². The van der Waals surface area contributed by atoms with E-state index in [4.69, 9.17) is 5.11 Å². The zero-order valence-corrected chi connectivity index (χ0v) is 13.5. The van der Waals surface area contributed by atoms with E-state index >= 15 is 0 Å². The fourth-order valence-corrected chi connectivity index (χ4v) is 2.97. The second-order valence-electron chi connectivity index (χ2n) is 5.86. The van der Waals surface area contributed by atoms with Gasteiger partial charge in [-0.15, -0.1) is 0 Å². The Hall–Kier alpha value is -3.15. The molecule has 0 bridgehead atoms. The normalized spacial score (nSPS) is 17.5. The minimum atomic E-state index is -1.04. The fraction of sp³-hybridized carbons (Fsp3) is 0.211. The largest absolute Gasteiger partial charge is 0.478 e. The molecular formula is C19H18N2O4. The summed E-state index contributed by atoms with van der Waals surface area (Å²) in [5.41, 5.74) is 1.43. The maximum atomic E-state index is 13.0. The second-order valence-corrected chi connectivity index (χ2v) is 5.86. The van der Waals surface area contributed by atoms with Crippen molar-refractivity contribution < 1.29 is 19.5 Å². The third kappa shape index (κ3) is 3.68. The van der Waals surface area contributed by atoms with Gasteiger partial charge in [0.2, 0.25) is 5.91 Å². The monoisotopic (exact) mass is 338 g/mol. The fourth-order valence-electron chi connectivity index (χ4n) is 2.97. The molecule has 1 fully saturated rings. The van der Waals surface area contributed by atoms with E-state index in [2.05, 4.69) is 5.32 Å². The van der Waals surface area contributed by atoms with Crippen LogP contribution in [-0.4, -0.2) is 40.9 Å². The molecule has 128 valence electrons. The lowest BCUT2D eigenvalue weighted by Gasteiger charge is -2.29. The Bertz CT molecular complexity index is 787. The van der Waals surface area contributed by atoms with E-state index in [1.165, 1.54) is 24.3 Å². The molecule has 0 spiro atoms. The van der Waals surface area contributed by atoms with Crippen LogP contribution < -0.4 is 5.32 Å². The van der Waals surface area contributed by atoms with E-state index in [9.17, 15) is 14.4 Å². The number of aromatic carboxylic acids is 1. The summed E-state index contributed by atoms with van der Waals surface area (Å²) < 4.78 is 0. The summed E-state index contributed by atoms with van der Waals surface area (Å²) in [7, 11) is 0. The Morgan fingerprint density at radius 2 is 1.64 bits per heavy atom. The third-order valence-electron chi connectivity index (χ3n) is 4.25. The highest BCUT2D eigenvalue weighted by molar-refractivity contribution is 5.96. The Balaban J connectivity index is 1.92. The van der Waals surface area contributed by atoms with Crippen LogP contribution in [-0.2, 0) is 4.79 Å². The minimum Gasteiger partial charge on any atom is -0.478 e. The first-order valence-electron chi connectivity index (χ1n) is 8.02. The number of carbonyl (C=O) groups is 3. The molecule has 6 nitrogen and oxygen atoms in total. The maximum Gasteiger partial charge on any atom is 0.335 e. The van der Waals surface area contributed by atoms with Crippen LogP contribution in [0.3, 0.4) is 0 Å². The minimum absolute atomic E-state index is 0.0922. The molecule has 25 heavy (non-hydrogen) atoms. The Labute approximate surface area is 145 Å². The average Bonchev–Trinajstić information content (AvgIpc) is 2.83. The highest BCUT2D eigenvalue weighted by atomic mass is 16.4. The van der Waals surface area contributed by atoms with Crippen LogP contribution in [0.2, 0.25) is 0 Å². The number of nitrogens with one attached hydrogen (secondary N) is 1. The summed E-state index contributed by atoms with van der Waals surface area (Å²) in [4.78, 5) is 37.6. The van der Waals surface area contributed by atoms with Gasteiger partial charge in [0, 0.05) is 18.7 Å². The molecule has 0 unspecified atom stereocenters. The van der Waals surface area contributed by atoms with E-state index in [1.54, 1.807) is 4.90 Å². The van der Waals surface area contributed by atoms with Gasteiger partial charge in [-0.3, -0.25) is 9.59 Å². The van der Waals surface area contributed by atoms with Gasteiger partial charge in [-0.1, -0.05) is 30.3 Å². The van der Waals surface area contributed by atoms with Crippen LogP contribution in [0.25, 0.3) is 0 Å². The lowest BCUT2D eigenvalue weighted by atomic mass is 10.0. The van der Waals surface area contributed by atoms with Gasteiger partial charge in [0.1, 0.15) is 0 Å². The molecule has 6 heteroatoms. The molecule has 1 aliphatic heterocycles. The van der Waals surface area contributed by atoms with Crippen LogP contribution in [0.15, 0.2) is 54.6 Å². The highest BCUT2D eigenvalue weighted by Crippen LogP contribution is 2.27. The molecule has 0 aromatic heterocycles. The Morgan fingerprint density at radius 3 is 2.28 bits per heavy atom. The van der Waals surface area contributed by atoms with Crippen LogP contribution in [0.5, 0.6) is 0 Å². The molecular weight excluding hydrogens is 320 g/mol. The van der Waals surface area contributed by atoms with Gasteiger partial charge in [0.05, 0.1) is 18.0 Å². The predicted molar refractivity (Wildman–Crippen MR) is 91.2 cm³/mol. The summed E-state index contributed by atoms with van der Waals surface area (Å²) in [6, 6.07) is 14.9. The van der Waals surface area contributed by atoms with E-state index in [0.29, 0.717) is 18.7 Å². The number of hydrogen-bond donors (Lipinski definition) is 2. The zero-order valence-electron chi connectivity index (χ0n) is 13.5. The van der Waals surface area contributed by atoms with Crippen molar-refractivity contribution in [1.82, 2.24) is 10.2 Å². The number of hydrogen-bond acceptors (Lipinski definition) is 3. The number of benzene rings is 2. The number of nitrogens with zero attached hydrogens (tertiary/aromatic N) is 1. The average molecular weight is 338 g/mol. The van der Waals surface area contributed by atoms with Gasteiger partial charge in [-0.25, -0.2) is 4.79 Å². The van der Waals surface area contributed by atoms with Crippen molar-refractivity contribution in [2.45, 2.75) is 12.5 Å². The smallest absolute Gasteiger partial charge is 0.335 e.